The van der Waals surface area contributed by atoms with E-state index in [2.05, 4.69) is 13.1 Å². The molecule has 9 heteroatoms. The molecule has 0 atom stereocenters. The van der Waals surface area contributed by atoms with Crippen LogP contribution in [0, 0.1) is 0 Å². The Morgan fingerprint density at radius 2 is 1.00 bits per heavy atom. The lowest BCUT2D eigenvalue weighted by Crippen LogP contribution is -2.39. The van der Waals surface area contributed by atoms with Crippen molar-refractivity contribution in [2.45, 2.75) is 62.4 Å². The lowest BCUT2D eigenvalue weighted by atomic mass is 10.2. The Bertz CT molecular complexity index is 263. The molecule has 25 heavy (non-hydrogen) atoms. The van der Waals surface area contributed by atoms with Crippen LogP contribution in [0.15, 0.2) is 0 Å². The Balaban J connectivity index is 3.54. The predicted octanol–water partition coefficient (Wildman–Crippen LogP) is 3.68. The standard InChI is InChI=1S/C16H38O4S3Si2/c1-17-15(18-2,24-5)11-7-9-13-21-23-22-14-10-8-12-16(19-3,20-4)25-6/h7-14,24-25H2,1-6H3. The van der Waals surface area contributed by atoms with Crippen molar-refractivity contribution in [3.63, 3.8) is 0 Å². The van der Waals surface area contributed by atoms with Gasteiger partial charge in [0.05, 0.1) is 19.0 Å². The van der Waals surface area contributed by atoms with Gasteiger partial charge in [-0.25, -0.2) is 0 Å². The van der Waals surface area contributed by atoms with Gasteiger partial charge < -0.3 is 18.9 Å². The monoisotopic (exact) mass is 446 g/mol. The summed E-state index contributed by atoms with van der Waals surface area (Å²) in [5.74, 6) is 2.40. The number of unbranched alkanes of at least 4 members (excludes halogenated alkanes) is 2. The third-order valence-corrected chi connectivity index (χ3v) is 13.2. The minimum atomic E-state index is -0.327. The number of rotatable bonds is 18. The molecule has 0 saturated heterocycles. The van der Waals surface area contributed by atoms with Gasteiger partial charge in [0, 0.05) is 39.9 Å². The number of ether oxygens (including phenoxy) is 4. The van der Waals surface area contributed by atoms with E-state index in [0.717, 1.165) is 12.8 Å². The van der Waals surface area contributed by atoms with Crippen molar-refractivity contribution in [3.8, 4) is 0 Å². The van der Waals surface area contributed by atoms with E-state index in [0.29, 0.717) is 0 Å². The van der Waals surface area contributed by atoms with Crippen LogP contribution in [0.5, 0.6) is 0 Å². The summed E-state index contributed by atoms with van der Waals surface area (Å²) in [5.41, 5.74) is -0.485. The number of hydrogen-bond acceptors (Lipinski definition) is 7. The Morgan fingerprint density at radius 3 is 1.28 bits per heavy atom. The Labute approximate surface area is 171 Å². The normalized spacial score (nSPS) is 13.7. The van der Waals surface area contributed by atoms with Crippen LogP contribution in [0.2, 0.25) is 13.1 Å². The molecule has 0 bridgehead atoms. The first-order chi connectivity index (χ1) is 12.1. The van der Waals surface area contributed by atoms with E-state index in [4.69, 9.17) is 18.9 Å². The van der Waals surface area contributed by atoms with Crippen LogP contribution in [0.3, 0.4) is 0 Å². The smallest absolute Gasteiger partial charge is 0.144 e. The van der Waals surface area contributed by atoms with Crippen molar-refractivity contribution in [2.75, 3.05) is 39.9 Å². The van der Waals surface area contributed by atoms with E-state index in [1.165, 1.54) is 37.2 Å². The van der Waals surface area contributed by atoms with Crippen LogP contribution in [0.25, 0.3) is 0 Å². The van der Waals surface area contributed by atoms with Gasteiger partial charge in [-0.15, -0.1) is 0 Å². The Morgan fingerprint density at radius 1 is 0.640 bits per heavy atom. The highest BCUT2D eigenvalue weighted by molar-refractivity contribution is 9.09. The molecule has 152 valence electrons. The van der Waals surface area contributed by atoms with Gasteiger partial charge in [0.2, 0.25) is 0 Å². The van der Waals surface area contributed by atoms with Gasteiger partial charge in [-0.1, -0.05) is 34.7 Å². The van der Waals surface area contributed by atoms with Gasteiger partial charge in [-0.05, 0) is 48.4 Å². The molecular formula is C16H38O4S3Si2. The van der Waals surface area contributed by atoms with E-state index < -0.39 is 0 Å². The molecule has 0 spiro atoms. The fourth-order valence-corrected chi connectivity index (χ4v) is 9.09. The SMILES string of the molecule is COC(CCCCSSSCCCCC(OC)(OC)[SiH2]C)(OC)[SiH2]C. The maximum atomic E-state index is 5.58. The molecule has 0 N–H and O–H groups in total. The minimum absolute atomic E-state index is 0.243. The van der Waals surface area contributed by atoms with E-state index in [1.54, 1.807) is 28.4 Å². The van der Waals surface area contributed by atoms with E-state index in [9.17, 15) is 0 Å². The second-order valence-corrected chi connectivity index (χ2v) is 14.0. The molecule has 0 aromatic carbocycles. The van der Waals surface area contributed by atoms with Crippen molar-refractivity contribution in [2.24, 2.45) is 0 Å². The van der Waals surface area contributed by atoms with Gasteiger partial charge in [-0.3, -0.25) is 0 Å². The molecule has 0 aromatic heterocycles. The minimum Gasteiger partial charge on any atom is -0.358 e. The highest BCUT2D eigenvalue weighted by atomic mass is 33.5. The van der Waals surface area contributed by atoms with E-state index in [1.807, 2.05) is 31.4 Å². The second-order valence-electron chi connectivity index (χ2n) is 5.97. The van der Waals surface area contributed by atoms with Crippen LogP contribution >= 0.6 is 31.4 Å². The fourth-order valence-electron chi connectivity index (χ4n) is 2.72. The molecule has 0 heterocycles. The molecule has 0 aromatic rings. The fraction of sp³-hybridized carbons (Fsp3) is 1.00. The molecule has 0 rings (SSSR count). The summed E-state index contributed by atoms with van der Waals surface area (Å²) in [6.07, 6.45) is 6.87. The third kappa shape index (κ3) is 11.0. The summed E-state index contributed by atoms with van der Waals surface area (Å²) in [6, 6.07) is 0. The topological polar surface area (TPSA) is 36.9 Å². The quantitative estimate of drug-likeness (QED) is 0.138. The molecule has 0 amide bonds. The van der Waals surface area contributed by atoms with Gasteiger partial charge in [0.25, 0.3) is 0 Å². The van der Waals surface area contributed by atoms with Crippen LogP contribution in [0.1, 0.15) is 38.5 Å². The zero-order valence-electron chi connectivity index (χ0n) is 16.9. The van der Waals surface area contributed by atoms with E-state index >= 15 is 0 Å². The highest BCUT2D eigenvalue weighted by Crippen LogP contribution is 2.36. The summed E-state index contributed by atoms with van der Waals surface area (Å²) in [6.45, 7) is 4.50. The van der Waals surface area contributed by atoms with Crippen molar-refractivity contribution in [1.82, 2.24) is 0 Å². The molecule has 0 radical (unpaired) electrons. The molecule has 0 aliphatic rings. The summed E-state index contributed by atoms with van der Waals surface area (Å²) in [5, 5.41) is 0. The number of hydrogen-bond donors (Lipinski definition) is 0. The molecule has 0 fully saturated rings. The van der Waals surface area contributed by atoms with Gasteiger partial charge in [0.1, 0.15) is 10.8 Å². The predicted molar refractivity (Wildman–Crippen MR) is 123 cm³/mol. The first-order valence-corrected chi connectivity index (χ1v) is 17.3. The zero-order valence-corrected chi connectivity index (χ0v) is 22.2. The molecule has 0 aliphatic carbocycles. The summed E-state index contributed by atoms with van der Waals surface area (Å²) >= 11 is 0. The Kier molecular flexibility index (Phi) is 17.2. The molecule has 0 aliphatic heterocycles. The van der Waals surface area contributed by atoms with E-state index in [-0.39, 0.29) is 29.9 Å². The van der Waals surface area contributed by atoms with Crippen LogP contribution in [-0.2, 0) is 18.9 Å². The van der Waals surface area contributed by atoms with Crippen molar-refractivity contribution in [3.05, 3.63) is 0 Å². The van der Waals surface area contributed by atoms with Gasteiger partial charge in [-0.2, -0.15) is 0 Å². The highest BCUT2D eigenvalue weighted by Gasteiger charge is 2.26. The maximum Gasteiger partial charge on any atom is 0.144 e. The lowest BCUT2D eigenvalue weighted by molar-refractivity contribution is -0.149. The van der Waals surface area contributed by atoms with Crippen molar-refractivity contribution in [1.29, 1.82) is 0 Å². The zero-order chi connectivity index (χ0) is 19.0. The average Bonchev–Trinajstić information content (AvgIpc) is 2.67. The summed E-state index contributed by atoms with van der Waals surface area (Å²) < 4.78 is 22.3. The van der Waals surface area contributed by atoms with Crippen LogP contribution in [-0.4, -0.2) is 69.8 Å². The van der Waals surface area contributed by atoms with Gasteiger partial charge in [0.15, 0.2) is 0 Å². The maximum absolute atomic E-state index is 5.58. The first kappa shape index (κ1) is 26.3. The average molecular weight is 447 g/mol. The van der Waals surface area contributed by atoms with Crippen LogP contribution < -0.4 is 0 Å². The molecule has 4 nitrogen and oxygen atoms in total. The van der Waals surface area contributed by atoms with Crippen LogP contribution in [0.4, 0.5) is 0 Å². The van der Waals surface area contributed by atoms with Crippen molar-refractivity contribution >= 4 is 50.5 Å². The third-order valence-electron chi connectivity index (χ3n) is 4.73. The first-order valence-electron chi connectivity index (χ1n) is 9.19. The molecule has 0 saturated carbocycles. The molecule has 0 unspecified atom stereocenters. The molecular weight excluding hydrogens is 409 g/mol. The largest absolute Gasteiger partial charge is 0.358 e. The lowest BCUT2D eigenvalue weighted by Gasteiger charge is -2.29. The second kappa shape index (κ2) is 16.3. The number of methoxy groups -OCH3 is 4. The summed E-state index contributed by atoms with van der Waals surface area (Å²) in [7, 11) is 12.3. The Hall–Kier alpha value is 1.32. The van der Waals surface area contributed by atoms with Gasteiger partial charge >= 0.3 is 0 Å². The van der Waals surface area contributed by atoms with Crippen molar-refractivity contribution < 1.29 is 18.9 Å². The summed E-state index contributed by atoms with van der Waals surface area (Å²) in [4.78, 5) is 0.